The fourth-order valence-corrected chi connectivity index (χ4v) is 9.72. The van der Waals surface area contributed by atoms with Crippen LogP contribution in [0.3, 0.4) is 0 Å². The van der Waals surface area contributed by atoms with Gasteiger partial charge in [-0.05, 0) is 103 Å². The number of unbranched alkanes of at least 4 members (excludes halogenated alkanes) is 9. The van der Waals surface area contributed by atoms with Gasteiger partial charge in [0.25, 0.3) is 0 Å². The van der Waals surface area contributed by atoms with Crippen LogP contribution in [-0.4, -0.2) is 103 Å². The SMILES string of the molecule is CCCCCCCCCCCCOc1ccc(C2=C3C=CC(=N3)C=c3ccc([nH]3)=Cc3ccc([nH]3)C(Cl)(c3ccc(OCCC[N+](C)(C)CCC[N+](C)(C)C)cc3)C3(Cl)C=CC2=N3)cc1. The van der Waals surface area contributed by atoms with Crippen LogP contribution in [0, 0.1) is 0 Å². The maximum atomic E-state index is 8.01. The van der Waals surface area contributed by atoms with Gasteiger partial charge < -0.3 is 28.4 Å². The maximum Gasteiger partial charge on any atom is 0.181 e. The molecular formula is C55H72Cl2N6O2+2. The minimum Gasteiger partial charge on any atom is -0.494 e. The number of fused-ring (bicyclic) bond motifs is 6. The van der Waals surface area contributed by atoms with Crippen molar-refractivity contribution >= 4 is 52.4 Å². The monoisotopic (exact) mass is 919 g/mol. The third kappa shape index (κ3) is 12.9. The minimum atomic E-state index is -1.41. The Balaban J connectivity index is 1.11. The number of quaternary nitrogens is 2. The molecule has 10 heteroatoms. The molecule has 2 aromatic heterocycles. The number of H-pyrrole nitrogens is 2. The van der Waals surface area contributed by atoms with Gasteiger partial charge in [-0.15, -0.1) is 11.6 Å². The first-order valence-corrected chi connectivity index (χ1v) is 24.8. The first kappa shape index (κ1) is 48.3. The summed E-state index contributed by atoms with van der Waals surface area (Å²) in [6.07, 6.45) is 27.2. The van der Waals surface area contributed by atoms with E-state index in [1.165, 1.54) is 70.8 Å². The summed E-state index contributed by atoms with van der Waals surface area (Å²) < 4.78 is 14.5. The normalized spacial score (nSPS) is 19.3. The summed E-state index contributed by atoms with van der Waals surface area (Å²) in [7, 11) is 11.4. The molecule has 3 aliphatic rings. The predicted octanol–water partition coefficient (Wildman–Crippen LogP) is 11.1. The molecule has 2 unspecified atom stereocenters. The van der Waals surface area contributed by atoms with Gasteiger partial charge in [-0.2, -0.15) is 0 Å². The summed E-state index contributed by atoms with van der Waals surface area (Å²) >= 11 is 15.8. The molecule has 0 fully saturated rings. The lowest BCUT2D eigenvalue weighted by molar-refractivity contribution is -0.902. The van der Waals surface area contributed by atoms with Gasteiger partial charge in [0.2, 0.25) is 0 Å². The molecule has 0 saturated carbocycles. The minimum absolute atomic E-state index is 0.634. The average molecular weight is 920 g/mol. The van der Waals surface area contributed by atoms with Gasteiger partial charge in [0.15, 0.2) is 9.87 Å². The van der Waals surface area contributed by atoms with Gasteiger partial charge in [-0.1, -0.05) is 101 Å². The second-order valence-corrected chi connectivity index (χ2v) is 21.0. The molecule has 8 bridgehead atoms. The number of ether oxygens (including phenoxy) is 2. The molecule has 0 amide bonds. The molecule has 5 heterocycles. The number of aromatic amines is 2. The molecule has 7 rings (SSSR count). The molecule has 2 atom stereocenters. The largest absolute Gasteiger partial charge is 0.494 e. The van der Waals surface area contributed by atoms with Crippen molar-refractivity contribution in [1.29, 1.82) is 0 Å². The first-order valence-electron chi connectivity index (χ1n) is 24.1. The second kappa shape index (κ2) is 21.8. The predicted molar refractivity (Wildman–Crippen MR) is 274 cm³/mol. The maximum absolute atomic E-state index is 8.01. The van der Waals surface area contributed by atoms with Crippen molar-refractivity contribution in [1.82, 2.24) is 9.97 Å². The van der Waals surface area contributed by atoms with E-state index in [4.69, 9.17) is 42.7 Å². The fraction of sp³-hybridized carbons (Fsp3) is 0.455. The zero-order valence-electron chi connectivity index (χ0n) is 39.8. The quantitative estimate of drug-likeness (QED) is 0.0337. The number of nitrogens with zero attached hydrogens (tertiary/aromatic N) is 4. The van der Waals surface area contributed by atoms with E-state index in [1.54, 1.807) is 0 Å². The highest BCUT2D eigenvalue weighted by Crippen LogP contribution is 2.53. The van der Waals surface area contributed by atoms with Gasteiger partial charge in [-0.3, -0.25) is 4.99 Å². The fourth-order valence-electron chi connectivity index (χ4n) is 9.01. The number of alkyl halides is 2. The summed E-state index contributed by atoms with van der Waals surface area (Å²) in [6, 6.07) is 24.4. The van der Waals surface area contributed by atoms with E-state index in [2.05, 4.69) is 88.5 Å². The van der Waals surface area contributed by atoms with Gasteiger partial charge in [0.05, 0.1) is 85.2 Å². The molecule has 4 aromatic rings. The van der Waals surface area contributed by atoms with Crippen LogP contribution in [0.4, 0.5) is 0 Å². The van der Waals surface area contributed by atoms with Crippen molar-refractivity contribution in [3.8, 4) is 11.5 Å². The Bertz CT molecular complexity index is 2480. The molecule has 2 aromatic carbocycles. The topological polar surface area (TPSA) is 74.8 Å². The molecule has 2 N–H and O–H groups in total. The van der Waals surface area contributed by atoms with Crippen LogP contribution in [-0.2, 0) is 4.87 Å². The Kier molecular flexibility index (Phi) is 16.2. The molecule has 3 aliphatic heterocycles. The Morgan fingerprint density at radius 1 is 0.600 bits per heavy atom. The van der Waals surface area contributed by atoms with Crippen LogP contribution in [0.15, 0.2) is 113 Å². The van der Waals surface area contributed by atoms with Gasteiger partial charge in [-0.25, -0.2) is 4.99 Å². The van der Waals surface area contributed by atoms with E-state index in [0.29, 0.717) is 18.9 Å². The van der Waals surface area contributed by atoms with Gasteiger partial charge in [0, 0.05) is 40.5 Å². The van der Waals surface area contributed by atoms with Crippen LogP contribution in [0.1, 0.15) is 106 Å². The second-order valence-electron chi connectivity index (χ2n) is 19.8. The Labute approximate surface area is 398 Å². The molecular weight excluding hydrogens is 848 g/mol. The van der Waals surface area contributed by atoms with E-state index >= 15 is 0 Å². The summed E-state index contributed by atoms with van der Waals surface area (Å²) in [5.41, 5.74) is 6.53. The Morgan fingerprint density at radius 2 is 1.22 bits per heavy atom. The molecule has 65 heavy (non-hydrogen) atoms. The number of allylic oxidation sites excluding steroid dienone is 4. The van der Waals surface area contributed by atoms with E-state index in [0.717, 1.165) is 96.6 Å². The average Bonchev–Trinajstić information content (AvgIpc) is 4.11. The van der Waals surface area contributed by atoms with Crippen LogP contribution in [0.25, 0.3) is 17.7 Å². The van der Waals surface area contributed by atoms with Gasteiger partial charge >= 0.3 is 0 Å². The highest BCUT2D eigenvalue weighted by atomic mass is 35.5. The third-order valence-corrected chi connectivity index (χ3v) is 14.1. The Hall–Kier alpha value is -4.60. The zero-order valence-corrected chi connectivity index (χ0v) is 41.3. The number of nitrogens with one attached hydrogen (secondary N) is 2. The van der Waals surface area contributed by atoms with Crippen molar-refractivity contribution in [2.45, 2.75) is 93.8 Å². The molecule has 0 radical (unpaired) electrons. The molecule has 8 nitrogen and oxygen atoms in total. The van der Waals surface area contributed by atoms with Crippen LogP contribution in [0.2, 0.25) is 0 Å². The number of rotatable bonds is 23. The van der Waals surface area contributed by atoms with Crippen LogP contribution >= 0.6 is 23.2 Å². The highest BCUT2D eigenvalue weighted by molar-refractivity contribution is 6.41. The Morgan fingerprint density at radius 3 is 1.89 bits per heavy atom. The molecule has 346 valence electrons. The summed E-state index contributed by atoms with van der Waals surface area (Å²) in [6.45, 7) is 6.98. The van der Waals surface area contributed by atoms with Gasteiger partial charge in [0.1, 0.15) is 11.5 Å². The summed E-state index contributed by atoms with van der Waals surface area (Å²) in [4.78, 5) is 14.8. The molecule has 0 spiro atoms. The third-order valence-electron chi connectivity index (χ3n) is 12.8. The summed E-state index contributed by atoms with van der Waals surface area (Å²) in [5, 5.41) is 1.90. The number of hydrogen-bond donors (Lipinski definition) is 2. The van der Waals surface area contributed by atoms with E-state index in [9.17, 15) is 0 Å². The number of aliphatic imine (C=N–C) groups is 2. The molecule has 0 saturated heterocycles. The highest BCUT2D eigenvalue weighted by Gasteiger charge is 2.53. The van der Waals surface area contributed by atoms with E-state index in [-0.39, 0.29) is 0 Å². The lowest BCUT2D eigenvalue weighted by atomic mass is 9.87. The smallest absolute Gasteiger partial charge is 0.181 e. The lowest BCUT2D eigenvalue weighted by Crippen LogP contribution is -2.44. The standard InChI is InChI=1S/C55H72Cl2N6O2/c1-7-8-9-10-11-12-13-14-15-16-38-64-48-27-19-42(20-28-48)53-50-31-25-46(59-50)40-44-23-24-45(58-44)41-47-26-32-52(60-47)55(57,54(56)34-33-51(53)61-54)43-21-29-49(30-22-43)65-39-18-37-63(5,6)36-17-35-62(2,3)4/h19-34,40-41,58,60H,7-18,35-39H2,1-6H3/q+2. The number of benzene rings is 2. The summed E-state index contributed by atoms with van der Waals surface area (Å²) in [5.74, 6) is 1.64. The molecule has 0 aliphatic carbocycles. The number of halogens is 2. The van der Waals surface area contributed by atoms with Crippen molar-refractivity contribution < 1.29 is 18.4 Å². The first-order chi connectivity index (χ1) is 31.2. The number of hydrogen-bond acceptors (Lipinski definition) is 4. The van der Waals surface area contributed by atoms with Crippen molar-refractivity contribution in [3.05, 3.63) is 136 Å². The van der Waals surface area contributed by atoms with Crippen molar-refractivity contribution in [2.75, 3.05) is 68.1 Å². The van der Waals surface area contributed by atoms with Crippen molar-refractivity contribution in [3.63, 3.8) is 0 Å². The lowest BCUT2D eigenvalue weighted by Gasteiger charge is -2.37. The van der Waals surface area contributed by atoms with E-state index in [1.807, 2.05) is 72.8 Å². The number of aromatic nitrogens is 2. The zero-order chi connectivity index (χ0) is 45.9. The van der Waals surface area contributed by atoms with Crippen molar-refractivity contribution in [2.24, 2.45) is 9.98 Å². The van der Waals surface area contributed by atoms with E-state index < -0.39 is 9.87 Å². The van der Waals surface area contributed by atoms with Crippen LogP contribution in [0.5, 0.6) is 11.5 Å². The van der Waals surface area contributed by atoms with Crippen LogP contribution < -0.4 is 20.2 Å².